The van der Waals surface area contributed by atoms with Crippen molar-refractivity contribution in [1.29, 1.82) is 0 Å². The number of benzene rings is 3. The minimum Gasteiger partial charge on any atom is -0.368 e. The number of azo groups is 1. The fourth-order valence-corrected chi connectivity index (χ4v) is 9.75. The van der Waals surface area contributed by atoms with Gasteiger partial charge < -0.3 is 25.4 Å². The van der Waals surface area contributed by atoms with Crippen LogP contribution in [0.4, 0.5) is 16.5 Å². The monoisotopic (exact) mass is 902 g/mol. The molecule has 2 aliphatic rings. The number of fused-ring (bicyclic) bond motifs is 3. The third-order valence-corrected chi connectivity index (χ3v) is 13.4. The molecule has 15 nitrogen and oxygen atoms in total. The van der Waals surface area contributed by atoms with Crippen LogP contribution in [-0.2, 0) is 13.0 Å². The zero-order valence-electron chi connectivity index (χ0n) is 35.4. The van der Waals surface area contributed by atoms with Crippen LogP contribution in [0, 0.1) is 0 Å². The van der Waals surface area contributed by atoms with Crippen LogP contribution >= 0.6 is 22.7 Å². The molecule has 328 valence electrons. The fraction of sp³-hybridized carbons (Fsp3) is 0.250. The number of H-pyrrole nitrogens is 1. The molecule has 5 aromatic heterocycles. The number of pyridine rings is 1. The lowest BCUT2D eigenvalue weighted by molar-refractivity contribution is 0.0945. The molecule has 0 radical (unpaired) electrons. The van der Waals surface area contributed by atoms with Crippen molar-refractivity contribution in [2.45, 2.75) is 50.7 Å². The largest absolute Gasteiger partial charge is 0.368 e. The molecule has 2 amide bonds. The molecule has 10 rings (SSSR count). The van der Waals surface area contributed by atoms with Gasteiger partial charge in [0.25, 0.3) is 11.8 Å². The Labute approximate surface area is 382 Å². The molecule has 2 saturated heterocycles. The number of thiazole rings is 2. The molecule has 7 heterocycles. The van der Waals surface area contributed by atoms with E-state index in [1.54, 1.807) is 29.9 Å². The third-order valence-electron chi connectivity index (χ3n) is 11.9. The summed E-state index contributed by atoms with van der Waals surface area (Å²) in [5.41, 5.74) is 6.94. The summed E-state index contributed by atoms with van der Waals surface area (Å²) in [4.78, 5) is 55.7. The number of aromatic nitrogens is 6. The molecular formula is C48H46N12O3S2. The van der Waals surface area contributed by atoms with Crippen molar-refractivity contribution in [3.05, 3.63) is 147 Å². The first kappa shape index (κ1) is 41.9. The quantitative estimate of drug-likeness (QED) is 0.0552. The van der Waals surface area contributed by atoms with E-state index in [0.29, 0.717) is 58.0 Å². The second kappa shape index (κ2) is 18.9. The Bertz CT molecular complexity index is 3000. The van der Waals surface area contributed by atoms with Gasteiger partial charge in [0.2, 0.25) is 10.3 Å². The van der Waals surface area contributed by atoms with E-state index in [1.807, 2.05) is 66.2 Å². The van der Waals surface area contributed by atoms with Gasteiger partial charge in [0.1, 0.15) is 5.65 Å². The van der Waals surface area contributed by atoms with Gasteiger partial charge in [-0.2, -0.15) is 4.68 Å². The number of piperazine rings is 1. The SMILES string of the molecule is O=C(NCCCCn1ccc2cc(C(=O)NCCc3ccc(N4C[C@H]5CC[C@@H](C4)N5)cc3)cnc21)c1ccc(-c2csc(-n3[nH]c(-c4ccccc4)c(N=Nc4nccs4)c3=O)n2)cc1. The van der Waals surface area contributed by atoms with E-state index in [2.05, 4.69) is 75.0 Å². The third kappa shape index (κ3) is 9.43. The molecular weight excluding hydrogens is 857 g/mol. The van der Waals surface area contributed by atoms with Crippen molar-refractivity contribution < 1.29 is 9.59 Å². The molecule has 0 aliphatic carbocycles. The van der Waals surface area contributed by atoms with E-state index in [0.717, 1.165) is 61.1 Å². The highest BCUT2D eigenvalue weighted by Crippen LogP contribution is 2.31. The van der Waals surface area contributed by atoms with Gasteiger partial charge in [-0.05, 0) is 74.1 Å². The number of nitrogens with one attached hydrogen (secondary N) is 4. The van der Waals surface area contributed by atoms with Crippen molar-refractivity contribution in [1.82, 2.24) is 45.2 Å². The number of aryl methyl sites for hydroxylation is 1. The summed E-state index contributed by atoms with van der Waals surface area (Å²) in [7, 11) is 0. The molecule has 2 atom stereocenters. The van der Waals surface area contributed by atoms with Crippen LogP contribution in [0.3, 0.4) is 0 Å². The molecule has 0 unspecified atom stereocenters. The van der Waals surface area contributed by atoms with E-state index in [1.165, 1.54) is 51.4 Å². The average Bonchev–Trinajstić information content (AvgIpc) is 4.21. The lowest BCUT2D eigenvalue weighted by Crippen LogP contribution is -2.51. The molecule has 2 fully saturated rings. The topological polar surface area (TPSA) is 180 Å². The van der Waals surface area contributed by atoms with Crippen molar-refractivity contribution >= 4 is 62.0 Å². The van der Waals surface area contributed by atoms with Gasteiger partial charge >= 0.3 is 5.56 Å². The average molecular weight is 903 g/mol. The molecule has 4 N–H and O–H groups in total. The minimum atomic E-state index is -0.383. The Balaban J connectivity index is 0.681. The van der Waals surface area contributed by atoms with E-state index < -0.39 is 0 Å². The van der Waals surface area contributed by atoms with Gasteiger partial charge in [0.05, 0.1) is 17.0 Å². The number of carbonyl (C=O) groups is 2. The predicted molar refractivity (Wildman–Crippen MR) is 255 cm³/mol. The van der Waals surface area contributed by atoms with Gasteiger partial charge in [-0.1, -0.05) is 54.6 Å². The first-order chi connectivity index (χ1) is 31.9. The highest BCUT2D eigenvalue weighted by Gasteiger charge is 2.32. The smallest absolute Gasteiger partial charge is 0.301 e. The Kier molecular flexibility index (Phi) is 12.2. The summed E-state index contributed by atoms with van der Waals surface area (Å²) in [5.74, 6) is -0.288. The summed E-state index contributed by atoms with van der Waals surface area (Å²) < 4.78 is 3.46. The minimum absolute atomic E-state index is 0.131. The van der Waals surface area contributed by atoms with Crippen molar-refractivity contribution in [2.24, 2.45) is 10.2 Å². The molecule has 3 aromatic carbocycles. The van der Waals surface area contributed by atoms with Crippen molar-refractivity contribution in [3.63, 3.8) is 0 Å². The summed E-state index contributed by atoms with van der Waals surface area (Å²) in [6.07, 6.45) is 10.2. The summed E-state index contributed by atoms with van der Waals surface area (Å²) >= 11 is 2.64. The molecule has 0 saturated carbocycles. The number of nitrogens with zero attached hydrogens (tertiary/aromatic N) is 8. The van der Waals surface area contributed by atoms with Crippen LogP contribution in [0.5, 0.6) is 0 Å². The Morgan fingerprint density at radius 1 is 0.815 bits per heavy atom. The fourth-order valence-electron chi connectivity index (χ4n) is 8.51. The number of aromatic amines is 1. The number of hydrogen-bond acceptors (Lipinski definition) is 12. The number of carbonyl (C=O) groups excluding carboxylic acids is 2. The Hall–Kier alpha value is -7.08. The first-order valence-corrected chi connectivity index (χ1v) is 23.6. The molecule has 0 spiro atoms. The van der Waals surface area contributed by atoms with Crippen LogP contribution in [0.25, 0.3) is 38.7 Å². The molecule has 65 heavy (non-hydrogen) atoms. The lowest BCUT2D eigenvalue weighted by Gasteiger charge is -2.34. The molecule has 17 heteroatoms. The standard InChI is InChI=1S/C48H46N12O3S2/c61-44(34-12-10-32(11-13-34)40-30-65-48(54-40)60-46(63)42(55-56-47-51-22-25-64-47)41(57-60)33-6-2-1-3-7-33)49-20-4-5-23-58-24-19-35-26-36(27-52-43(35)58)45(62)50-21-18-31-8-16-39(17-9-31)59-28-37-14-15-38(29-59)53-37/h1-3,6-13,16-17,19,22,24-27,30,37-38,53,57H,4-5,14-15,18,20-21,23,28-29H2,(H,49,61)(H,50,62)/t37-,38+. The van der Waals surface area contributed by atoms with Gasteiger partial charge in [0, 0.05) is 102 Å². The zero-order chi connectivity index (χ0) is 44.1. The van der Waals surface area contributed by atoms with Gasteiger partial charge in [-0.15, -0.1) is 32.9 Å². The maximum atomic E-state index is 13.6. The molecule has 2 aliphatic heterocycles. The molecule has 2 bridgehead atoms. The Morgan fingerprint density at radius 3 is 2.38 bits per heavy atom. The van der Waals surface area contributed by atoms with E-state index >= 15 is 0 Å². The van der Waals surface area contributed by atoms with Gasteiger partial charge in [-0.3, -0.25) is 19.5 Å². The van der Waals surface area contributed by atoms with Crippen LogP contribution in [0.2, 0.25) is 0 Å². The predicted octanol–water partition coefficient (Wildman–Crippen LogP) is 8.30. The van der Waals surface area contributed by atoms with Crippen molar-refractivity contribution in [3.8, 4) is 27.6 Å². The highest BCUT2D eigenvalue weighted by atomic mass is 32.1. The molecule has 8 aromatic rings. The number of unbranched alkanes of at least 4 members (excludes halogenated alkanes) is 1. The number of amides is 2. The normalized spacial score (nSPS) is 15.8. The van der Waals surface area contributed by atoms with Crippen LogP contribution < -0.4 is 26.4 Å². The number of rotatable bonds is 16. The number of anilines is 1. The van der Waals surface area contributed by atoms with Crippen LogP contribution in [0.15, 0.2) is 135 Å². The summed E-state index contributed by atoms with van der Waals surface area (Å²) in [5, 5.41) is 26.9. The Morgan fingerprint density at radius 2 is 1.60 bits per heavy atom. The van der Waals surface area contributed by atoms with E-state index in [9.17, 15) is 14.4 Å². The lowest BCUT2D eigenvalue weighted by atomic mass is 10.1. The summed E-state index contributed by atoms with van der Waals surface area (Å²) in [6, 6.07) is 30.6. The summed E-state index contributed by atoms with van der Waals surface area (Å²) in [6.45, 7) is 3.94. The van der Waals surface area contributed by atoms with E-state index in [4.69, 9.17) is 4.98 Å². The first-order valence-electron chi connectivity index (χ1n) is 21.8. The number of hydrogen-bond donors (Lipinski definition) is 4. The second-order valence-electron chi connectivity index (χ2n) is 16.3. The maximum absolute atomic E-state index is 13.6. The van der Waals surface area contributed by atoms with E-state index in [-0.39, 0.29) is 23.1 Å². The zero-order valence-corrected chi connectivity index (χ0v) is 37.0. The van der Waals surface area contributed by atoms with Crippen LogP contribution in [-0.4, -0.2) is 79.4 Å². The maximum Gasteiger partial charge on any atom is 0.301 e. The van der Waals surface area contributed by atoms with Crippen LogP contribution in [0.1, 0.15) is 52.0 Å². The van der Waals surface area contributed by atoms with Gasteiger partial charge in [-0.25, -0.2) is 15.0 Å². The highest BCUT2D eigenvalue weighted by molar-refractivity contribution is 7.13. The van der Waals surface area contributed by atoms with Gasteiger partial charge in [0.15, 0.2) is 5.69 Å². The van der Waals surface area contributed by atoms with Crippen molar-refractivity contribution in [2.75, 3.05) is 31.1 Å². The second-order valence-corrected chi connectivity index (χ2v) is 18.0.